The van der Waals surface area contributed by atoms with Crippen LogP contribution in [0.3, 0.4) is 0 Å². The molecule has 1 aliphatic rings. The molecule has 150 valence electrons. The highest BCUT2D eigenvalue weighted by Crippen LogP contribution is 2.22. The van der Waals surface area contributed by atoms with Crippen molar-refractivity contribution in [2.75, 3.05) is 38.1 Å². The zero-order valence-corrected chi connectivity index (χ0v) is 16.9. The average Bonchev–Trinajstić information content (AvgIpc) is 2.69. The minimum Gasteiger partial charge on any atom is -0.507 e. The minimum atomic E-state index is -0.0727. The lowest BCUT2D eigenvalue weighted by atomic mass is 10.1. The van der Waals surface area contributed by atoms with Crippen LogP contribution in [0.4, 0.5) is 5.82 Å². The molecule has 1 aromatic heterocycles. The van der Waals surface area contributed by atoms with Crippen LogP contribution in [0, 0.1) is 13.8 Å². The fraction of sp³-hybridized carbons (Fsp3) is 0.450. The Hall–Kier alpha value is -3.03. The quantitative estimate of drug-likeness (QED) is 0.607. The predicted octanol–water partition coefficient (Wildman–Crippen LogP) is 1.00. The third-order valence-electron chi connectivity index (χ3n) is 5.09. The second-order valence-corrected chi connectivity index (χ2v) is 7.12. The van der Waals surface area contributed by atoms with Crippen molar-refractivity contribution >= 4 is 11.8 Å². The first-order valence-electron chi connectivity index (χ1n) is 9.42. The first kappa shape index (κ1) is 19.7. The average molecular weight is 384 g/mol. The van der Waals surface area contributed by atoms with Crippen LogP contribution in [0.15, 0.2) is 34.3 Å². The lowest BCUT2D eigenvalue weighted by Gasteiger charge is -2.36. The molecule has 0 amide bonds. The summed E-state index contributed by atoms with van der Waals surface area (Å²) < 4.78 is 1.55. The summed E-state index contributed by atoms with van der Waals surface area (Å²) in [7, 11) is 3.51. The Morgan fingerprint density at radius 1 is 1.21 bits per heavy atom. The number of anilines is 1. The Kier molecular flexibility index (Phi) is 5.87. The number of aromatic hydroxyl groups is 1. The Balaban J connectivity index is 1.61. The molecule has 0 radical (unpaired) electrons. The summed E-state index contributed by atoms with van der Waals surface area (Å²) in [6.45, 7) is 7.38. The molecule has 1 aromatic carbocycles. The SMILES string of the molecule is CN=C(NCc1cc(C)c(O)c(C)c1)N1CCN(c2nccn(C)c2=O)CC1. The number of guanidine groups is 1. The van der Waals surface area contributed by atoms with Crippen molar-refractivity contribution in [2.24, 2.45) is 12.0 Å². The summed E-state index contributed by atoms with van der Waals surface area (Å²) in [6.07, 6.45) is 3.33. The van der Waals surface area contributed by atoms with Gasteiger partial charge in [-0.05, 0) is 30.5 Å². The summed E-state index contributed by atoms with van der Waals surface area (Å²) in [5, 5.41) is 13.3. The van der Waals surface area contributed by atoms with E-state index < -0.39 is 0 Å². The van der Waals surface area contributed by atoms with E-state index in [2.05, 4.69) is 20.2 Å². The number of piperazine rings is 1. The molecule has 3 rings (SSSR count). The monoisotopic (exact) mass is 384 g/mol. The number of benzene rings is 1. The number of hydrogen-bond donors (Lipinski definition) is 2. The number of hydrogen-bond acceptors (Lipinski definition) is 5. The van der Waals surface area contributed by atoms with Gasteiger partial charge in [-0.15, -0.1) is 0 Å². The van der Waals surface area contributed by atoms with Gasteiger partial charge in [0.25, 0.3) is 5.56 Å². The summed E-state index contributed by atoms with van der Waals surface area (Å²) >= 11 is 0. The lowest BCUT2D eigenvalue weighted by Crippen LogP contribution is -2.53. The number of aryl methyl sites for hydroxylation is 3. The van der Waals surface area contributed by atoms with Crippen molar-refractivity contribution < 1.29 is 5.11 Å². The molecule has 0 unspecified atom stereocenters. The van der Waals surface area contributed by atoms with Gasteiger partial charge >= 0.3 is 0 Å². The third-order valence-corrected chi connectivity index (χ3v) is 5.09. The smallest absolute Gasteiger partial charge is 0.293 e. The maximum absolute atomic E-state index is 12.3. The van der Waals surface area contributed by atoms with Crippen molar-refractivity contribution in [3.8, 4) is 5.75 Å². The van der Waals surface area contributed by atoms with Crippen molar-refractivity contribution in [1.29, 1.82) is 0 Å². The Labute approximate surface area is 165 Å². The van der Waals surface area contributed by atoms with E-state index in [4.69, 9.17) is 0 Å². The van der Waals surface area contributed by atoms with E-state index in [1.165, 1.54) is 0 Å². The van der Waals surface area contributed by atoms with Crippen LogP contribution in [0.2, 0.25) is 0 Å². The van der Waals surface area contributed by atoms with Crippen LogP contribution >= 0.6 is 0 Å². The van der Waals surface area contributed by atoms with E-state index in [-0.39, 0.29) is 5.56 Å². The first-order chi connectivity index (χ1) is 13.4. The topological polar surface area (TPSA) is 86.0 Å². The summed E-state index contributed by atoms with van der Waals surface area (Å²) in [5.41, 5.74) is 2.77. The zero-order valence-electron chi connectivity index (χ0n) is 16.9. The molecule has 2 heterocycles. The van der Waals surface area contributed by atoms with Crippen molar-refractivity contribution in [3.63, 3.8) is 0 Å². The van der Waals surface area contributed by atoms with Gasteiger partial charge in [0.2, 0.25) is 0 Å². The van der Waals surface area contributed by atoms with E-state index in [1.54, 1.807) is 31.1 Å². The van der Waals surface area contributed by atoms with E-state index in [0.717, 1.165) is 35.7 Å². The van der Waals surface area contributed by atoms with Gasteiger partial charge in [-0.3, -0.25) is 9.79 Å². The molecule has 2 aromatic rings. The van der Waals surface area contributed by atoms with Gasteiger partial charge in [-0.2, -0.15) is 0 Å². The largest absolute Gasteiger partial charge is 0.507 e. The second kappa shape index (κ2) is 8.33. The molecule has 8 nitrogen and oxygen atoms in total. The molecule has 1 saturated heterocycles. The van der Waals surface area contributed by atoms with Crippen LogP contribution in [-0.4, -0.2) is 58.7 Å². The number of aromatic nitrogens is 2. The molecular formula is C20H28N6O2. The van der Waals surface area contributed by atoms with Gasteiger partial charge < -0.3 is 24.8 Å². The molecule has 2 N–H and O–H groups in total. The summed E-state index contributed by atoms with van der Waals surface area (Å²) in [4.78, 5) is 25.1. The number of phenols is 1. The molecule has 1 aliphatic heterocycles. The Bertz CT molecular complexity index is 906. The highest BCUT2D eigenvalue weighted by Gasteiger charge is 2.22. The third kappa shape index (κ3) is 4.11. The number of nitrogens with zero attached hydrogens (tertiary/aromatic N) is 5. The number of nitrogens with one attached hydrogen (secondary N) is 1. The Morgan fingerprint density at radius 3 is 2.46 bits per heavy atom. The van der Waals surface area contributed by atoms with E-state index in [9.17, 15) is 9.90 Å². The highest BCUT2D eigenvalue weighted by atomic mass is 16.3. The maximum atomic E-state index is 12.3. The number of phenolic OH excluding ortho intramolecular Hbond substituents is 1. The van der Waals surface area contributed by atoms with Crippen LogP contribution in [0.25, 0.3) is 0 Å². The van der Waals surface area contributed by atoms with E-state index >= 15 is 0 Å². The normalized spacial score (nSPS) is 15.1. The molecule has 0 atom stereocenters. The van der Waals surface area contributed by atoms with Crippen LogP contribution in [-0.2, 0) is 13.6 Å². The fourth-order valence-electron chi connectivity index (χ4n) is 3.49. The lowest BCUT2D eigenvalue weighted by molar-refractivity contribution is 0.370. The van der Waals surface area contributed by atoms with Crippen LogP contribution in [0.1, 0.15) is 16.7 Å². The van der Waals surface area contributed by atoms with Gasteiger partial charge in [0.1, 0.15) is 5.75 Å². The van der Waals surface area contributed by atoms with Gasteiger partial charge in [-0.25, -0.2) is 4.98 Å². The minimum absolute atomic E-state index is 0.0727. The fourth-order valence-corrected chi connectivity index (χ4v) is 3.49. The van der Waals surface area contributed by atoms with Crippen LogP contribution in [0.5, 0.6) is 5.75 Å². The summed E-state index contributed by atoms with van der Waals surface area (Å²) in [5.74, 6) is 1.68. The molecule has 0 bridgehead atoms. The van der Waals surface area contributed by atoms with E-state index in [0.29, 0.717) is 31.2 Å². The molecule has 1 fully saturated rings. The van der Waals surface area contributed by atoms with Gasteiger partial charge in [0.15, 0.2) is 11.8 Å². The highest BCUT2D eigenvalue weighted by molar-refractivity contribution is 5.80. The maximum Gasteiger partial charge on any atom is 0.293 e. The first-order valence-corrected chi connectivity index (χ1v) is 9.42. The molecule has 28 heavy (non-hydrogen) atoms. The Morgan fingerprint density at radius 2 is 1.86 bits per heavy atom. The van der Waals surface area contributed by atoms with Gasteiger partial charge in [0, 0.05) is 59.2 Å². The molecule has 0 aliphatic carbocycles. The second-order valence-electron chi connectivity index (χ2n) is 7.12. The molecular weight excluding hydrogens is 356 g/mol. The zero-order chi connectivity index (χ0) is 20.3. The van der Waals surface area contributed by atoms with Crippen molar-refractivity contribution in [1.82, 2.24) is 19.8 Å². The predicted molar refractivity (Wildman–Crippen MR) is 111 cm³/mol. The van der Waals surface area contributed by atoms with Crippen molar-refractivity contribution in [3.05, 3.63) is 51.6 Å². The standard InChI is InChI=1S/C20H28N6O2/c1-14-11-16(12-15(2)17(14)27)13-23-20(21-3)26-9-7-25(8-10-26)18-19(28)24(4)6-5-22-18/h5-6,11-12,27H,7-10,13H2,1-4H3,(H,21,23). The number of aliphatic imine (C=N–C) groups is 1. The molecule has 0 spiro atoms. The van der Waals surface area contributed by atoms with Crippen LogP contribution < -0.4 is 15.8 Å². The molecule has 0 saturated carbocycles. The van der Waals surface area contributed by atoms with Crippen molar-refractivity contribution in [2.45, 2.75) is 20.4 Å². The molecule has 8 heteroatoms. The van der Waals surface area contributed by atoms with Gasteiger partial charge in [0.05, 0.1) is 0 Å². The van der Waals surface area contributed by atoms with Gasteiger partial charge in [-0.1, -0.05) is 12.1 Å². The number of rotatable bonds is 3. The summed E-state index contributed by atoms with van der Waals surface area (Å²) in [6, 6.07) is 3.97. The van der Waals surface area contributed by atoms with E-state index in [1.807, 2.05) is 30.9 Å².